The lowest BCUT2D eigenvalue weighted by atomic mass is 10.0. The molecule has 0 saturated heterocycles. The molecule has 1 atom stereocenters. The molecule has 1 N–H and O–H groups in total. The molecule has 1 rings (SSSR count). The molecule has 6 heteroatoms. The average molecular weight is 367 g/mol. The molecule has 0 heterocycles. The monoisotopic (exact) mass is 366 g/mol. The Morgan fingerprint density at radius 3 is 2.48 bits per heavy atom. The lowest BCUT2D eigenvalue weighted by Gasteiger charge is -2.29. The minimum absolute atomic E-state index is 0.0407. The van der Waals surface area contributed by atoms with Gasteiger partial charge in [-0.1, -0.05) is 56.4 Å². The summed E-state index contributed by atoms with van der Waals surface area (Å²) in [6.45, 7) is 7.87. The average Bonchev–Trinajstić information content (AvgIpc) is 2.59. The van der Waals surface area contributed by atoms with Gasteiger partial charge in [-0.2, -0.15) is 4.31 Å². The van der Waals surface area contributed by atoms with Gasteiger partial charge < -0.3 is 5.21 Å². The van der Waals surface area contributed by atoms with E-state index in [9.17, 15) is 8.42 Å². The van der Waals surface area contributed by atoms with Crippen LogP contribution < -0.4 is 0 Å². The molecule has 0 aliphatic heterocycles. The molecule has 25 heavy (non-hydrogen) atoms. The maximum atomic E-state index is 13.1. The largest absolute Gasteiger partial charge is 0.411 e. The van der Waals surface area contributed by atoms with Crippen LogP contribution in [0.15, 0.2) is 47.0 Å². The van der Waals surface area contributed by atoms with Gasteiger partial charge in [-0.3, -0.25) is 0 Å². The van der Waals surface area contributed by atoms with E-state index in [1.165, 1.54) is 10.5 Å². The van der Waals surface area contributed by atoms with E-state index in [1.807, 2.05) is 6.92 Å². The fraction of sp³-hybridized carbons (Fsp3) is 0.526. The smallest absolute Gasteiger partial charge is 0.243 e. The Bertz CT molecular complexity index is 639. The SMILES string of the molecule is C=CCC(CCCCCC)N(C/C=N/O)S(=O)(=O)c1ccc(C)cc1. The molecular formula is C19H30N2O3S. The van der Waals surface area contributed by atoms with Gasteiger partial charge in [0.1, 0.15) is 0 Å². The number of hydrogen-bond acceptors (Lipinski definition) is 4. The van der Waals surface area contributed by atoms with Gasteiger partial charge in [-0.15, -0.1) is 11.7 Å². The van der Waals surface area contributed by atoms with Crippen molar-refractivity contribution in [3.05, 3.63) is 42.5 Å². The van der Waals surface area contributed by atoms with Crippen LogP contribution in [0.5, 0.6) is 0 Å². The van der Waals surface area contributed by atoms with Crippen molar-refractivity contribution >= 4 is 16.2 Å². The highest BCUT2D eigenvalue weighted by Crippen LogP contribution is 2.23. The van der Waals surface area contributed by atoms with Crippen LogP contribution in [-0.4, -0.2) is 36.7 Å². The van der Waals surface area contributed by atoms with E-state index in [2.05, 4.69) is 18.7 Å². The molecule has 0 fully saturated rings. The number of oxime groups is 1. The summed E-state index contributed by atoms with van der Waals surface area (Å²) in [5.74, 6) is 0. The van der Waals surface area contributed by atoms with Gasteiger partial charge in [0.05, 0.1) is 17.7 Å². The number of unbranched alkanes of at least 4 members (excludes halogenated alkanes) is 3. The maximum absolute atomic E-state index is 13.1. The van der Waals surface area contributed by atoms with E-state index in [0.29, 0.717) is 6.42 Å². The van der Waals surface area contributed by atoms with E-state index in [4.69, 9.17) is 5.21 Å². The van der Waals surface area contributed by atoms with E-state index in [-0.39, 0.29) is 17.5 Å². The van der Waals surface area contributed by atoms with Crippen molar-refractivity contribution in [3.63, 3.8) is 0 Å². The molecule has 0 spiro atoms. The van der Waals surface area contributed by atoms with Crippen LogP contribution in [0.4, 0.5) is 0 Å². The van der Waals surface area contributed by atoms with Crippen molar-refractivity contribution in [2.75, 3.05) is 6.54 Å². The number of aryl methyl sites for hydroxylation is 1. The van der Waals surface area contributed by atoms with E-state index in [1.54, 1.807) is 30.3 Å². The minimum Gasteiger partial charge on any atom is -0.411 e. The summed E-state index contributed by atoms with van der Waals surface area (Å²) in [4.78, 5) is 0.257. The third-order valence-electron chi connectivity index (χ3n) is 4.21. The Balaban J connectivity index is 3.08. The highest BCUT2D eigenvalue weighted by atomic mass is 32.2. The van der Waals surface area contributed by atoms with Crippen molar-refractivity contribution in [1.82, 2.24) is 4.31 Å². The zero-order valence-corrected chi connectivity index (χ0v) is 16.1. The van der Waals surface area contributed by atoms with Gasteiger partial charge in [0, 0.05) is 6.04 Å². The third kappa shape index (κ3) is 6.63. The zero-order chi connectivity index (χ0) is 18.7. The van der Waals surface area contributed by atoms with Gasteiger partial charge in [0.15, 0.2) is 0 Å². The molecule has 0 amide bonds. The van der Waals surface area contributed by atoms with Gasteiger partial charge >= 0.3 is 0 Å². The van der Waals surface area contributed by atoms with Crippen molar-refractivity contribution in [2.24, 2.45) is 5.16 Å². The summed E-state index contributed by atoms with van der Waals surface area (Å²) in [5, 5.41) is 11.8. The van der Waals surface area contributed by atoms with Crippen molar-refractivity contribution in [1.29, 1.82) is 0 Å². The Kier molecular flexibility index (Phi) is 9.45. The van der Waals surface area contributed by atoms with Crippen LogP contribution in [-0.2, 0) is 10.0 Å². The Hall–Kier alpha value is -1.66. The second-order valence-electron chi connectivity index (χ2n) is 6.21. The predicted molar refractivity (Wildman–Crippen MR) is 103 cm³/mol. The first-order chi connectivity index (χ1) is 12.0. The minimum atomic E-state index is -3.67. The zero-order valence-electron chi connectivity index (χ0n) is 15.3. The quantitative estimate of drug-likeness (QED) is 0.196. The van der Waals surface area contributed by atoms with Gasteiger partial charge in [0.2, 0.25) is 10.0 Å². The summed E-state index contributed by atoms with van der Waals surface area (Å²) in [6.07, 6.45) is 8.61. The molecule has 0 aliphatic carbocycles. The van der Waals surface area contributed by atoms with Crippen LogP contribution in [0, 0.1) is 6.92 Å². The molecule has 0 bridgehead atoms. The Morgan fingerprint density at radius 1 is 1.24 bits per heavy atom. The molecule has 0 aliphatic rings. The number of nitrogens with zero attached hydrogens (tertiary/aromatic N) is 2. The van der Waals surface area contributed by atoms with Crippen LogP contribution in [0.3, 0.4) is 0 Å². The van der Waals surface area contributed by atoms with Crippen molar-refractivity contribution in [3.8, 4) is 0 Å². The lowest BCUT2D eigenvalue weighted by Crippen LogP contribution is -2.41. The molecule has 1 unspecified atom stereocenters. The van der Waals surface area contributed by atoms with Crippen LogP contribution in [0.25, 0.3) is 0 Å². The molecule has 0 saturated carbocycles. The van der Waals surface area contributed by atoms with E-state index >= 15 is 0 Å². The highest BCUT2D eigenvalue weighted by molar-refractivity contribution is 7.89. The maximum Gasteiger partial charge on any atom is 0.243 e. The molecule has 140 valence electrons. The van der Waals surface area contributed by atoms with E-state index in [0.717, 1.165) is 37.7 Å². The number of benzene rings is 1. The number of rotatable bonds is 12. The Morgan fingerprint density at radius 2 is 1.92 bits per heavy atom. The topological polar surface area (TPSA) is 70.0 Å². The first-order valence-electron chi connectivity index (χ1n) is 8.82. The summed E-state index contributed by atoms with van der Waals surface area (Å²) in [7, 11) is -3.67. The first kappa shape index (κ1) is 21.4. The normalized spacial score (nSPS) is 13.4. The number of sulfonamides is 1. The van der Waals surface area contributed by atoms with Crippen molar-refractivity contribution in [2.45, 2.75) is 63.3 Å². The lowest BCUT2D eigenvalue weighted by molar-refractivity contribution is 0.306. The summed E-state index contributed by atoms with van der Waals surface area (Å²) >= 11 is 0. The second kappa shape index (κ2) is 11.1. The van der Waals surface area contributed by atoms with Crippen LogP contribution >= 0.6 is 0 Å². The van der Waals surface area contributed by atoms with Crippen LogP contribution in [0.2, 0.25) is 0 Å². The van der Waals surface area contributed by atoms with Gasteiger partial charge in [-0.25, -0.2) is 8.42 Å². The predicted octanol–water partition coefficient (Wildman–Crippen LogP) is 4.36. The first-order valence-corrected chi connectivity index (χ1v) is 10.3. The van der Waals surface area contributed by atoms with Crippen LogP contribution in [0.1, 0.15) is 51.0 Å². The van der Waals surface area contributed by atoms with Gasteiger partial charge in [-0.05, 0) is 31.9 Å². The molecule has 0 radical (unpaired) electrons. The second-order valence-corrected chi connectivity index (χ2v) is 8.10. The van der Waals surface area contributed by atoms with Crippen molar-refractivity contribution < 1.29 is 13.6 Å². The molecule has 5 nitrogen and oxygen atoms in total. The number of hydrogen-bond donors (Lipinski definition) is 1. The van der Waals surface area contributed by atoms with Gasteiger partial charge in [0.25, 0.3) is 0 Å². The summed E-state index contributed by atoms with van der Waals surface area (Å²) in [6, 6.07) is 6.62. The summed E-state index contributed by atoms with van der Waals surface area (Å²) < 4.78 is 27.6. The molecule has 1 aromatic rings. The van der Waals surface area contributed by atoms with E-state index < -0.39 is 10.0 Å². The fourth-order valence-corrected chi connectivity index (χ4v) is 4.38. The fourth-order valence-electron chi connectivity index (χ4n) is 2.78. The standard InChI is InChI=1S/C19H30N2O3S/c1-4-6-7-8-10-18(9-5-2)21(16-15-20-22)25(23,24)19-13-11-17(3)12-14-19/h5,11-15,18,22H,2,4,6-10,16H2,1,3H3/b20-15+. The Labute approximate surface area is 152 Å². The third-order valence-corrected chi connectivity index (χ3v) is 6.14. The molecule has 1 aromatic carbocycles. The summed E-state index contributed by atoms with van der Waals surface area (Å²) in [5.41, 5.74) is 1.00. The molecular weight excluding hydrogens is 336 g/mol. The highest BCUT2D eigenvalue weighted by Gasteiger charge is 2.30. The molecule has 0 aromatic heterocycles.